The fourth-order valence-electron chi connectivity index (χ4n) is 2.88. The first-order valence-corrected chi connectivity index (χ1v) is 6.84. The molecule has 2 fully saturated rings. The van der Waals surface area contributed by atoms with Crippen molar-refractivity contribution in [1.82, 2.24) is 10.6 Å². The third-order valence-electron chi connectivity index (χ3n) is 4.57. The van der Waals surface area contributed by atoms with Crippen LogP contribution in [0.5, 0.6) is 0 Å². The van der Waals surface area contributed by atoms with Gasteiger partial charge in [0.05, 0.1) is 6.61 Å². The van der Waals surface area contributed by atoms with Gasteiger partial charge in [-0.15, -0.1) is 0 Å². The largest absolute Gasteiger partial charge is 0.479 e. The van der Waals surface area contributed by atoms with Crippen LogP contribution < -0.4 is 10.6 Å². The van der Waals surface area contributed by atoms with Crippen LogP contribution in [0.1, 0.15) is 33.1 Å². The summed E-state index contributed by atoms with van der Waals surface area (Å²) < 4.78 is 5.11. The number of carbonyl (C=O) groups is 2. The van der Waals surface area contributed by atoms with Crippen LogP contribution in [0.15, 0.2) is 0 Å². The Labute approximate surface area is 112 Å². The van der Waals surface area contributed by atoms with E-state index in [0.717, 1.165) is 12.8 Å². The van der Waals surface area contributed by atoms with Crippen molar-refractivity contribution in [3.8, 4) is 0 Å². The van der Waals surface area contributed by atoms with E-state index in [1.165, 1.54) is 0 Å². The molecular formula is C13H22N2O4. The Morgan fingerprint density at radius 3 is 2.53 bits per heavy atom. The molecule has 0 spiro atoms. The molecule has 4 unspecified atom stereocenters. The second-order valence-corrected chi connectivity index (χ2v) is 5.81. The average Bonchev–Trinajstić information content (AvgIpc) is 2.92. The van der Waals surface area contributed by atoms with Crippen molar-refractivity contribution in [3.05, 3.63) is 0 Å². The van der Waals surface area contributed by atoms with E-state index >= 15 is 0 Å². The van der Waals surface area contributed by atoms with Crippen LogP contribution in [0.2, 0.25) is 0 Å². The molecule has 2 amide bonds. The van der Waals surface area contributed by atoms with Crippen LogP contribution >= 0.6 is 0 Å². The van der Waals surface area contributed by atoms with Crippen molar-refractivity contribution in [1.29, 1.82) is 0 Å². The lowest BCUT2D eigenvalue weighted by Crippen LogP contribution is -2.59. The zero-order valence-electron chi connectivity index (χ0n) is 11.4. The lowest BCUT2D eigenvalue weighted by atomic mass is 9.97. The van der Waals surface area contributed by atoms with Crippen molar-refractivity contribution in [2.24, 2.45) is 11.8 Å². The standard InChI is InChI=1S/C13H22N2O4/c1-8-3-4-10(9(8)2)14-12(18)15-13(11(16)17)5-6-19-7-13/h8-10H,3-7H2,1-2H3,(H,16,17)(H2,14,15,18). The lowest BCUT2D eigenvalue weighted by molar-refractivity contribution is -0.144. The summed E-state index contributed by atoms with van der Waals surface area (Å²) in [5.74, 6) is -0.0205. The number of carboxylic acid groups (broad SMARTS) is 1. The first kappa shape index (κ1) is 14.1. The molecule has 4 atom stereocenters. The molecule has 0 aromatic carbocycles. The maximum Gasteiger partial charge on any atom is 0.332 e. The Kier molecular flexibility index (Phi) is 3.99. The second-order valence-electron chi connectivity index (χ2n) is 5.81. The van der Waals surface area contributed by atoms with Gasteiger partial charge < -0.3 is 20.5 Å². The number of hydrogen-bond acceptors (Lipinski definition) is 3. The Bertz CT molecular complexity index is 366. The molecule has 0 bridgehead atoms. The fraction of sp³-hybridized carbons (Fsp3) is 0.846. The highest BCUT2D eigenvalue weighted by Crippen LogP contribution is 2.31. The van der Waals surface area contributed by atoms with E-state index in [2.05, 4.69) is 24.5 Å². The van der Waals surface area contributed by atoms with Crippen LogP contribution in [-0.2, 0) is 9.53 Å². The number of amides is 2. The minimum absolute atomic E-state index is 0.0341. The molecule has 19 heavy (non-hydrogen) atoms. The van der Waals surface area contributed by atoms with Gasteiger partial charge >= 0.3 is 12.0 Å². The van der Waals surface area contributed by atoms with E-state index in [1.807, 2.05) is 0 Å². The summed E-state index contributed by atoms with van der Waals surface area (Å²) in [6.45, 7) is 4.69. The summed E-state index contributed by atoms with van der Waals surface area (Å²) in [5.41, 5.74) is -1.27. The van der Waals surface area contributed by atoms with Gasteiger partial charge in [-0.1, -0.05) is 13.8 Å². The Morgan fingerprint density at radius 2 is 2.05 bits per heavy atom. The number of aliphatic carboxylic acids is 1. The Hall–Kier alpha value is -1.30. The van der Waals surface area contributed by atoms with E-state index in [0.29, 0.717) is 24.9 Å². The molecule has 0 aromatic rings. The van der Waals surface area contributed by atoms with Crippen LogP contribution in [-0.4, -0.2) is 41.9 Å². The number of urea groups is 1. The number of carbonyl (C=O) groups excluding carboxylic acids is 1. The molecule has 1 saturated heterocycles. The maximum absolute atomic E-state index is 12.0. The number of hydrogen-bond donors (Lipinski definition) is 3. The fourth-order valence-corrected chi connectivity index (χ4v) is 2.88. The average molecular weight is 270 g/mol. The first-order chi connectivity index (χ1) is 8.94. The van der Waals surface area contributed by atoms with Gasteiger partial charge in [0, 0.05) is 19.1 Å². The highest BCUT2D eigenvalue weighted by Gasteiger charge is 2.44. The Morgan fingerprint density at radius 1 is 1.32 bits per heavy atom. The van der Waals surface area contributed by atoms with E-state index < -0.39 is 17.5 Å². The molecule has 0 aromatic heterocycles. The molecule has 6 heteroatoms. The normalized spacial score (nSPS) is 38.1. The van der Waals surface area contributed by atoms with E-state index in [4.69, 9.17) is 4.74 Å². The van der Waals surface area contributed by atoms with Gasteiger partial charge in [0.25, 0.3) is 0 Å². The minimum atomic E-state index is -1.27. The number of carboxylic acids is 1. The van der Waals surface area contributed by atoms with Crippen LogP contribution in [0, 0.1) is 11.8 Å². The van der Waals surface area contributed by atoms with Crippen molar-refractivity contribution >= 4 is 12.0 Å². The summed E-state index contributed by atoms with van der Waals surface area (Å²) in [6.07, 6.45) is 2.36. The molecule has 1 saturated carbocycles. The predicted octanol–water partition coefficient (Wildman–Crippen LogP) is 0.964. The molecule has 0 radical (unpaired) electrons. The predicted molar refractivity (Wildman–Crippen MR) is 68.8 cm³/mol. The molecule has 1 heterocycles. The molecule has 6 nitrogen and oxygen atoms in total. The van der Waals surface area contributed by atoms with Crippen LogP contribution in [0.4, 0.5) is 4.79 Å². The summed E-state index contributed by atoms with van der Waals surface area (Å²) in [6, 6.07) is -0.276. The smallest absolute Gasteiger partial charge is 0.332 e. The van der Waals surface area contributed by atoms with E-state index in [1.54, 1.807) is 0 Å². The van der Waals surface area contributed by atoms with Gasteiger partial charge in [0.15, 0.2) is 5.54 Å². The van der Waals surface area contributed by atoms with Gasteiger partial charge in [-0.25, -0.2) is 9.59 Å². The van der Waals surface area contributed by atoms with Gasteiger partial charge in [-0.05, 0) is 24.7 Å². The monoisotopic (exact) mass is 270 g/mol. The van der Waals surface area contributed by atoms with Crippen molar-refractivity contribution < 1.29 is 19.4 Å². The number of nitrogens with one attached hydrogen (secondary N) is 2. The zero-order chi connectivity index (χ0) is 14.0. The van der Waals surface area contributed by atoms with Gasteiger partial charge in [-0.2, -0.15) is 0 Å². The van der Waals surface area contributed by atoms with Crippen molar-refractivity contribution in [2.45, 2.75) is 44.7 Å². The SMILES string of the molecule is CC1CCC(NC(=O)NC2(C(=O)O)CCOC2)C1C. The van der Waals surface area contributed by atoms with Crippen molar-refractivity contribution in [2.75, 3.05) is 13.2 Å². The molecule has 2 aliphatic rings. The molecule has 1 aliphatic heterocycles. The first-order valence-electron chi connectivity index (χ1n) is 6.84. The molecule has 108 valence electrons. The highest BCUT2D eigenvalue weighted by molar-refractivity contribution is 5.86. The second kappa shape index (κ2) is 5.36. The number of ether oxygens (including phenoxy) is 1. The summed E-state index contributed by atoms with van der Waals surface area (Å²) in [4.78, 5) is 23.3. The summed E-state index contributed by atoms with van der Waals surface area (Å²) >= 11 is 0. The van der Waals surface area contributed by atoms with Crippen LogP contribution in [0.3, 0.4) is 0 Å². The van der Waals surface area contributed by atoms with E-state index in [9.17, 15) is 14.7 Å². The molecule has 2 rings (SSSR count). The number of rotatable bonds is 3. The van der Waals surface area contributed by atoms with Gasteiger partial charge in [-0.3, -0.25) is 0 Å². The quantitative estimate of drug-likeness (QED) is 0.713. The van der Waals surface area contributed by atoms with Crippen molar-refractivity contribution in [3.63, 3.8) is 0 Å². The Balaban J connectivity index is 1.92. The third kappa shape index (κ3) is 2.83. The van der Waals surface area contributed by atoms with Gasteiger partial charge in [0.2, 0.25) is 0 Å². The van der Waals surface area contributed by atoms with Gasteiger partial charge in [0.1, 0.15) is 0 Å². The molecule has 3 N–H and O–H groups in total. The topological polar surface area (TPSA) is 87.7 Å². The highest BCUT2D eigenvalue weighted by atomic mass is 16.5. The molecule has 1 aliphatic carbocycles. The third-order valence-corrected chi connectivity index (χ3v) is 4.57. The maximum atomic E-state index is 12.0. The summed E-state index contributed by atoms with van der Waals surface area (Å²) in [5, 5.41) is 14.7. The molecular weight excluding hydrogens is 248 g/mol. The lowest BCUT2D eigenvalue weighted by Gasteiger charge is -2.26. The van der Waals surface area contributed by atoms with E-state index in [-0.39, 0.29) is 12.6 Å². The summed E-state index contributed by atoms with van der Waals surface area (Å²) in [7, 11) is 0. The zero-order valence-corrected chi connectivity index (χ0v) is 11.4. The minimum Gasteiger partial charge on any atom is -0.479 e. The van der Waals surface area contributed by atoms with Crippen LogP contribution in [0.25, 0.3) is 0 Å².